The molecule has 2 aromatic rings. The normalized spacial score (nSPS) is 11.4. The van der Waals surface area contributed by atoms with Gasteiger partial charge in [0.2, 0.25) is 0 Å². The predicted molar refractivity (Wildman–Crippen MR) is 68.9 cm³/mol. The average Bonchev–Trinajstić information content (AvgIpc) is 2.40. The van der Waals surface area contributed by atoms with Crippen LogP contribution in [0.15, 0.2) is 52.3 Å². The Bertz CT molecular complexity index is 683. The molecule has 0 saturated heterocycles. The van der Waals surface area contributed by atoms with Gasteiger partial charge in [-0.3, -0.25) is 0 Å². The van der Waals surface area contributed by atoms with Crippen molar-refractivity contribution < 1.29 is 27.5 Å². The lowest BCUT2D eigenvalue weighted by Crippen LogP contribution is -2.05. The molecule has 110 valence electrons. The second-order valence-electron chi connectivity index (χ2n) is 4.05. The first-order valence-electron chi connectivity index (χ1n) is 5.66. The van der Waals surface area contributed by atoms with E-state index in [2.05, 4.69) is 0 Å². The Labute approximate surface area is 121 Å². The van der Waals surface area contributed by atoms with Crippen molar-refractivity contribution in [3.8, 4) is 0 Å². The Morgan fingerprint density at radius 2 is 1.71 bits per heavy atom. The minimum atomic E-state index is -4.62. The first kappa shape index (κ1) is 15.4. The molecule has 0 unspecified atom stereocenters. The number of aromatic carboxylic acids is 1. The number of halogens is 4. The molecule has 0 aromatic heterocycles. The van der Waals surface area contributed by atoms with Crippen LogP contribution in [0.5, 0.6) is 0 Å². The fourth-order valence-electron chi connectivity index (χ4n) is 1.61. The summed E-state index contributed by atoms with van der Waals surface area (Å²) in [5.41, 5.74) is -1.13. The number of rotatable bonds is 3. The monoisotopic (exact) mass is 316 g/mol. The first-order chi connectivity index (χ1) is 9.79. The Balaban J connectivity index is 2.35. The second-order valence-corrected chi connectivity index (χ2v) is 5.13. The summed E-state index contributed by atoms with van der Waals surface area (Å²) in [5.74, 6) is -2.24. The van der Waals surface area contributed by atoms with Crippen LogP contribution in [-0.4, -0.2) is 11.1 Å². The van der Waals surface area contributed by atoms with Crippen LogP contribution in [0.1, 0.15) is 15.9 Å². The van der Waals surface area contributed by atoms with E-state index in [1.54, 1.807) is 6.07 Å². The van der Waals surface area contributed by atoms with Gasteiger partial charge in [-0.25, -0.2) is 9.18 Å². The molecule has 0 amide bonds. The van der Waals surface area contributed by atoms with Crippen LogP contribution >= 0.6 is 11.8 Å². The third kappa shape index (κ3) is 3.55. The summed E-state index contributed by atoms with van der Waals surface area (Å²) < 4.78 is 51.1. The highest BCUT2D eigenvalue weighted by atomic mass is 32.2. The predicted octanol–water partition coefficient (Wildman–Crippen LogP) is 4.69. The maximum Gasteiger partial charge on any atom is 0.416 e. The molecular formula is C14H8F4O2S. The molecule has 0 atom stereocenters. The molecule has 0 fully saturated rings. The topological polar surface area (TPSA) is 37.3 Å². The molecule has 7 heteroatoms. The van der Waals surface area contributed by atoms with E-state index >= 15 is 0 Å². The largest absolute Gasteiger partial charge is 0.478 e. The van der Waals surface area contributed by atoms with Crippen LogP contribution in [0.25, 0.3) is 0 Å². The smallest absolute Gasteiger partial charge is 0.416 e. The van der Waals surface area contributed by atoms with E-state index in [1.165, 1.54) is 18.2 Å². The quantitative estimate of drug-likeness (QED) is 0.834. The lowest BCUT2D eigenvalue weighted by Gasteiger charge is -2.10. The SMILES string of the molecule is O=C(O)c1ccccc1Sc1ccc(C(F)(F)F)cc1F. The van der Waals surface area contributed by atoms with Crippen molar-refractivity contribution in [1.82, 2.24) is 0 Å². The summed E-state index contributed by atoms with van der Waals surface area (Å²) >= 11 is 0.765. The minimum Gasteiger partial charge on any atom is -0.478 e. The van der Waals surface area contributed by atoms with E-state index in [9.17, 15) is 22.4 Å². The van der Waals surface area contributed by atoms with E-state index in [0.29, 0.717) is 6.07 Å². The Morgan fingerprint density at radius 1 is 1.05 bits per heavy atom. The van der Waals surface area contributed by atoms with Crippen molar-refractivity contribution >= 4 is 17.7 Å². The Kier molecular flexibility index (Phi) is 4.22. The molecule has 0 aliphatic carbocycles. The molecule has 21 heavy (non-hydrogen) atoms. The highest BCUT2D eigenvalue weighted by Crippen LogP contribution is 2.36. The fourth-order valence-corrected chi connectivity index (χ4v) is 2.55. The number of hydrogen-bond donors (Lipinski definition) is 1. The summed E-state index contributed by atoms with van der Waals surface area (Å²) in [6.07, 6.45) is -4.62. The highest BCUT2D eigenvalue weighted by molar-refractivity contribution is 7.99. The standard InChI is InChI=1S/C14H8F4O2S/c15-10-7-8(14(16,17)18)5-6-12(10)21-11-4-2-1-3-9(11)13(19)20/h1-7H,(H,19,20). The summed E-state index contributed by atoms with van der Waals surface area (Å²) in [5, 5.41) is 9.01. The van der Waals surface area contributed by atoms with Gasteiger partial charge in [0.25, 0.3) is 0 Å². The zero-order chi connectivity index (χ0) is 15.6. The third-order valence-corrected chi connectivity index (χ3v) is 3.72. The minimum absolute atomic E-state index is 0.0400. The van der Waals surface area contributed by atoms with E-state index in [1.807, 2.05) is 0 Å². The van der Waals surface area contributed by atoms with Gasteiger partial charge in [-0.15, -0.1) is 0 Å². The van der Waals surface area contributed by atoms with E-state index < -0.39 is 23.5 Å². The fraction of sp³-hybridized carbons (Fsp3) is 0.0714. The van der Waals surface area contributed by atoms with Gasteiger partial charge in [0, 0.05) is 9.79 Å². The van der Waals surface area contributed by atoms with Crippen LogP contribution < -0.4 is 0 Å². The van der Waals surface area contributed by atoms with Crippen molar-refractivity contribution in [2.45, 2.75) is 16.0 Å². The van der Waals surface area contributed by atoms with Crippen molar-refractivity contribution in [3.05, 3.63) is 59.4 Å². The Morgan fingerprint density at radius 3 is 2.29 bits per heavy atom. The van der Waals surface area contributed by atoms with Crippen LogP contribution in [0.3, 0.4) is 0 Å². The average molecular weight is 316 g/mol. The molecule has 0 aliphatic heterocycles. The van der Waals surface area contributed by atoms with E-state index in [0.717, 1.165) is 23.9 Å². The molecule has 2 aromatic carbocycles. The third-order valence-electron chi connectivity index (χ3n) is 2.60. The van der Waals surface area contributed by atoms with Crippen molar-refractivity contribution in [2.75, 3.05) is 0 Å². The van der Waals surface area contributed by atoms with Crippen LogP contribution in [-0.2, 0) is 6.18 Å². The lowest BCUT2D eigenvalue weighted by atomic mass is 10.2. The van der Waals surface area contributed by atoms with Crippen molar-refractivity contribution in [1.29, 1.82) is 0 Å². The maximum atomic E-state index is 13.7. The molecule has 2 nitrogen and oxygen atoms in total. The second kappa shape index (κ2) is 5.77. The van der Waals surface area contributed by atoms with Gasteiger partial charge in [-0.05, 0) is 30.3 Å². The lowest BCUT2D eigenvalue weighted by molar-refractivity contribution is -0.137. The summed E-state index contributed by atoms with van der Waals surface area (Å²) in [6.45, 7) is 0. The Hall–Kier alpha value is -2.02. The number of benzene rings is 2. The van der Waals surface area contributed by atoms with Gasteiger partial charge in [0.15, 0.2) is 0 Å². The first-order valence-corrected chi connectivity index (χ1v) is 6.47. The van der Waals surface area contributed by atoms with Gasteiger partial charge in [0.05, 0.1) is 11.1 Å². The summed E-state index contributed by atoms with van der Waals surface area (Å²) in [6, 6.07) is 8.02. The molecule has 0 saturated carbocycles. The number of carboxylic acid groups (broad SMARTS) is 1. The molecule has 0 spiro atoms. The summed E-state index contributed by atoms with van der Waals surface area (Å²) in [4.78, 5) is 11.2. The number of hydrogen-bond acceptors (Lipinski definition) is 2. The molecule has 0 radical (unpaired) electrons. The number of alkyl halides is 3. The van der Waals surface area contributed by atoms with Crippen LogP contribution in [0, 0.1) is 5.82 Å². The summed E-state index contributed by atoms with van der Waals surface area (Å²) in [7, 11) is 0. The zero-order valence-electron chi connectivity index (χ0n) is 10.3. The molecule has 2 rings (SSSR count). The molecule has 0 heterocycles. The van der Waals surface area contributed by atoms with Gasteiger partial charge < -0.3 is 5.11 Å². The van der Waals surface area contributed by atoms with Gasteiger partial charge in [-0.2, -0.15) is 13.2 Å². The molecule has 0 aliphatic rings. The molecule has 1 N–H and O–H groups in total. The number of carbonyl (C=O) groups is 1. The van der Waals surface area contributed by atoms with Gasteiger partial charge >= 0.3 is 12.1 Å². The van der Waals surface area contributed by atoms with Crippen molar-refractivity contribution in [2.24, 2.45) is 0 Å². The zero-order valence-corrected chi connectivity index (χ0v) is 11.1. The molecular weight excluding hydrogens is 308 g/mol. The molecule has 0 bridgehead atoms. The van der Waals surface area contributed by atoms with Crippen LogP contribution in [0.4, 0.5) is 17.6 Å². The van der Waals surface area contributed by atoms with Gasteiger partial charge in [0.1, 0.15) is 5.82 Å². The van der Waals surface area contributed by atoms with Crippen molar-refractivity contribution in [3.63, 3.8) is 0 Å². The number of carboxylic acids is 1. The van der Waals surface area contributed by atoms with Crippen LogP contribution in [0.2, 0.25) is 0 Å². The van der Waals surface area contributed by atoms with E-state index in [-0.39, 0.29) is 15.4 Å². The maximum absolute atomic E-state index is 13.7. The highest BCUT2D eigenvalue weighted by Gasteiger charge is 2.31. The van der Waals surface area contributed by atoms with Gasteiger partial charge in [-0.1, -0.05) is 23.9 Å². The van der Waals surface area contributed by atoms with E-state index in [4.69, 9.17) is 5.11 Å².